The standard InChI is InChI=1S/C54H88O6/c1-4-7-10-13-16-18-20-22-24-25-26-27-28-29-31-32-34-36-38-41-44-47-53(56)59-50-51(49-58-52(55)46-43-40-15-12-9-6-3)60-54(57)48-45-42-39-37-35-33-30-23-21-19-17-14-11-8-5-2/h7-8,10-11,16-19,22-24,26-27,29-31,51H,4-6,9,12-15,20-21,25,28,32-50H2,1-3H3/b10-7-,11-8-,18-16-,19-17-,24-22-,27-26-,30-23-,31-29-. The first-order chi connectivity index (χ1) is 29.5. The summed E-state index contributed by atoms with van der Waals surface area (Å²) in [5, 5.41) is 0. The van der Waals surface area contributed by atoms with Gasteiger partial charge in [0.1, 0.15) is 13.2 Å². The molecule has 6 nitrogen and oxygen atoms in total. The number of rotatable bonds is 42. The van der Waals surface area contributed by atoms with Crippen molar-refractivity contribution in [1.29, 1.82) is 0 Å². The molecule has 0 spiro atoms. The fourth-order valence-electron chi connectivity index (χ4n) is 6.25. The molecule has 0 heterocycles. The molecule has 0 fully saturated rings. The number of hydrogen-bond acceptors (Lipinski definition) is 6. The van der Waals surface area contributed by atoms with Gasteiger partial charge in [-0.2, -0.15) is 0 Å². The maximum atomic E-state index is 12.7. The second-order valence-corrected chi connectivity index (χ2v) is 15.6. The molecule has 0 aliphatic heterocycles. The number of ether oxygens (including phenoxy) is 3. The molecule has 0 aliphatic carbocycles. The topological polar surface area (TPSA) is 78.9 Å². The van der Waals surface area contributed by atoms with Gasteiger partial charge in [0.25, 0.3) is 0 Å². The van der Waals surface area contributed by atoms with Crippen molar-refractivity contribution in [2.24, 2.45) is 0 Å². The Morgan fingerprint density at radius 1 is 0.350 bits per heavy atom. The lowest BCUT2D eigenvalue weighted by Crippen LogP contribution is -2.30. The smallest absolute Gasteiger partial charge is 0.306 e. The molecule has 0 N–H and O–H groups in total. The highest BCUT2D eigenvalue weighted by molar-refractivity contribution is 5.71. The van der Waals surface area contributed by atoms with Gasteiger partial charge in [-0.15, -0.1) is 0 Å². The van der Waals surface area contributed by atoms with Gasteiger partial charge in [0.05, 0.1) is 0 Å². The van der Waals surface area contributed by atoms with Crippen LogP contribution in [0.25, 0.3) is 0 Å². The number of hydrogen-bond donors (Lipinski definition) is 0. The average molecular weight is 833 g/mol. The first-order valence-electron chi connectivity index (χ1n) is 24.2. The Balaban J connectivity index is 4.31. The van der Waals surface area contributed by atoms with E-state index in [1.165, 1.54) is 19.3 Å². The van der Waals surface area contributed by atoms with Crippen LogP contribution < -0.4 is 0 Å². The molecule has 340 valence electrons. The summed E-state index contributed by atoms with van der Waals surface area (Å²) < 4.78 is 16.6. The maximum Gasteiger partial charge on any atom is 0.306 e. The van der Waals surface area contributed by atoms with Gasteiger partial charge in [-0.3, -0.25) is 14.4 Å². The molecular formula is C54H88O6. The molecule has 0 aromatic heterocycles. The Labute approximate surface area is 368 Å². The van der Waals surface area contributed by atoms with Gasteiger partial charge in [-0.25, -0.2) is 0 Å². The Hall–Kier alpha value is -3.67. The second kappa shape index (κ2) is 48.0. The van der Waals surface area contributed by atoms with Crippen LogP contribution in [-0.2, 0) is 28.6 Å². The maximum absolute atomic E-state index is 12.7. The highest BCUT2D eigenvalue weighted by atomic mass is 16.6. The van der Waals surface area contributed by atoms with Crippen LogP contribution in [0.15, 0.2) is 97.2 Å². The third kappa shape index (κ3) is 45.4. The predicted molar refractivity (Wildman–Crippen MR) is 256 cm³/mol. The highest BCUT2D eigenvalue weighted by Crippen LogP contribution is 2.13. The van der Waals surface area contributed by atoms with Crippen molar-refractivity contribution in [3.63, 3.8) is 0 Å². The monoisotopic (exact) mass is 833 g/mol. The van der Waals surface area contributed by atoms with Crippen molar-refractivity contribution in [2.45, 2.75) is 213 Å². The summed E-state index contributed by atoms with van der Waals surface area (Å²) in [5.74, 6) is -0.946. The Morgan fingerprint density at radius 3 is 1.02 bits per heavy atom. The minimum Gasteiger partial charge on any atom is -0.462 e. The number of unbranched alkanes of at least 4 members (excludes halogenated alkanes) is 15. The molecule has 0 saturated carbocycles. The second-order valence-electron chi connectivity index (χ2n) is 15.6. The minimum atomic E-state index is -0.791. The zero-order chi connectivity index (χ0) is 43.7. The normalized spacial score (nSPS) is 12.9. The largest absolute Gasteiger partial charge is 0.462 e. The van der Waals surface area contributed by atoms with Crippen molar-refractivity contribution >= 4 is 17.9 Å². The van der Waals surface area contributed by atoms with Crippen LogP contribution in [0.4, 0.5) is 0 Å². The quantitative estimate of drug-likeness (QED) is 0.0264. The van der Waals surface area contributed by atoms with E-state index in [1.807, 2.05) is 0 Å². The molecule has 1 atom stereocenters. The first kappa shape index (κ1) is 56.3. The van der Waals surface area contributed by atoms with E-state index in [4.69, 9.17) is 14.2 Å². The molecular weight excluding hydrogens is 745 g/mol. The van der Waals surface area contributed by atoms with Crippen LogP contribution in [0.3, 0.4) is 0 Å². The van der Waals surface area contributed by atoms with E-state index in [9.17, 15) is 14.4 Å². The number of allylic oxidation sites excluding steroid dienone is 16. The van der Waals surface area contributed by atoms with Crippen molar-refractivity contribution < 1.29 is 28.6 Å². The minimum absolute atomic E-state index is 0.0925. The zero-order valence-electron chi connectivity index (χ0n) is 38.7. The number of esters is 3. The lowest BCUT2D eigenvalue weighted by Gasteiger charge is -2.18. The van der Waals surface area contributed by atoms with Crippen molar-refractivity contribution in [2.75, 3.05) is 13.2 Å². The lowest BCUT2D eigenvalue weighted by molar-refractivity contribution is -0.167. The van der Waals surface area contributed by atoms with Crippen molar-refractivity contribution in [3.8, 4) is 0 Å². The highest BCUT2D eigenvalue weighted by Gasteiger charge is 2.19. The van der Waals surface area contributed by atoms with E-state index in [0.717, 1.165) is 148 Å². The van der Waals surface area contributed by atoms with Crippen molar-refractivity contribution in [3.05, 3.63) is 97.2 Å². The average Bonchev–Trinajstić information content (AvgIpc) is 3.24. The summed E-state index contributed by atoms with van der Waals surface area (Å²) in [6.45, 7) is 6.30. The number of carbonyl (C=O) groups excluding carboxylic acids is 3. The molecule has 1 unspecified atom stereocenters. The summed E-state index contributed by atoms with van der Waals surface area (Å²) in [5.41, 5.74) is 0. The first-order valence-corrected chi connectivity index (χ1v) is 24.2. The Kier molecular flexibility index (Phi) is 45.1. The molecule has 60 heavy (non-hydrogen) atoms. The summed E-state index contributed by atoms with van der Waals surface area (Å²) in [7, 11) is 0. The van der Waals surface area contributed by atoms with E-state index in [1.54, 1.807) is 0 Å². The molecule has 0 aromatic rings. The van der Waals surface area contributed by atoms with Gasteiger partial charge in [-0.1, -0.05) is 189 Å². The van der Waals surface area contributed by atoms with Crippen LogP contribution in [0, 0.1) is 0 Å². The Bertz CT molecular complexity index is 1230. The zero-order valence-corrected chi connectivity index (χ0v) is 38.7. The number of carbonyl (C=O) groups is 3. The van der Waals surface area contributed by atoms with Gasteiger partial charge in [0.15, 0.2) is 6.10 Å². The summed E-state index contributed by atoms with van der Waals surface area (Å²) in [6, 6.07) is 0. The van der Waals surface area contributed by atoms with Crippen LogP contribution in [0.2, 0.25) is 0 Å². The fraction of sp³-hybridized carbons (Fsp3) is 0.648. The van der Waals surface area contributed by atoms with Gasteiger partial charge in [-0.05, 0) is 96.3 Å². The van der Waals surface area contributed by atoms with Gasteiger partial charge in [0.2, 0.25) is 0 Å². The fourth-order valence-corrected chi connectivity index (χ4v) is 6.25. The van der Waals surface area contributed by atoms with Crippen molar-refractivity contribution in [1.82, 2.24) is 0 Å². The molecule has 0 aliphatic rings. The lowest BCUT2D eigenvalue weighted by atomic mass is 10.1. The molecule has 0 aromatic carbocycles. The van der Waals surface area contributed by atoms with E-state index < -0.39 is 6.10 Å². The van der Waals surface area contributed by atoms with E-state index in [2.05, 4.69) is 118 Å². The van der Waals surface area contributed by atoms with Gasteiger partial charge < -0.3 is 14.2 Å². The SMILES string of the molecule is CC/C=C\C/C=C\C/C=C\C/C=C\C/C=C\CCCCCCCC(=O)OCC(COC(=O)CCCCCCCC)OC(=O)CCCCCCC/C=C\C/C=C\C/C=C\CC. The molecule has 0 saturated heterocycles. The van der Waals surface area contributed by atoms with Crippen LogP contribution in [-0.4, -0.2) is 37.2 Å². The third-order valence-corrected chi connectivity index (χ3v) is 9.83. The van der Waals surface area contributed by atoms with E-state index in [0.29, 0.717) is 19.3 Å². The van der Waals surface area contributed by atoms with Crippen LogP contribution >= 0.6 is 0 Å². The molecule has 0 radical (unpaired) electrons. The molecule has 0 bridgehead atoms. The molecule has 0 amide bonds. The summed E-state index contributed by atoms with van der Waals surface area (Å²) in [4.78, 5) is 37.7. The molecule has 0 rings (SSSR count). The summed E-state index contributed by atoms with van der Waals surface area (Å²) >= 11 is 0. The predicted octanol–water partition coefficient (Wildman–Crippen LogP) is 15.8. The van der Waals surface area contributed by atoms with Gasteiger partial charge in [0, 0.05) is 19.3 Å². The van der Waals surface area contributed by atoms with E-state index in [-0.39, 0.29) is 31.1 Å². The third-order valence-electron chi connectivity index (χ3n) is 9.83. The summed E-state index contributed by atoms with van der Waals surface area (Å²) in [6.07, 6.45) is 62.7. The van der Waals surface area contributed by atoms with Crippen LogP contribution in [0.5, 0.6) is 0 Å². The Morgan fingerprint density at radius 2 is 0.650 bits per heavy atom. The van der Waals surface area contributed by atoms with Crippen LogP contribution in [0.1, 0.15) is 207 Å². The van der Waals surface area contributed by atoms with Gasteiger partial charge >= 0.3 is 17.9 Å². The molecule has 6 heteroatoms. The van der Waals surface area contributed by atoms with E-state index >= 15 is 0 Å².